The molecule has 0 saturated heterocycles. The van der Waals surface area contributed by atoms with Crippen molar-refractivity contribution < 1.29 is 0 Å². The van der Waals surface area contributed by atoms with Crippen LogP contribution >= 0.6 is 0 Å². The number of imidazole rings is 1. The zero-order chi connectivity index (χ0) is 12.7. The van der Waals surface area contributed by atoms with Crippen molar-refractivity contribution in [2.45, 2.75) is 45.7 Å². The Labute approximate surface area is 105 Å². The van der Waals surface area contributed by atoms with Crippen LogP contribution < -0.4 is 5.73 Å². The van der Waals surface area contributed by atoms with E-state index in [1.807, 2.05) is 18.7 Å². The summed E-state index contributed by atoms with van der Waals surface area (Å²) < 4.78 is 2.12. The lowest BCUT2D eigenvalue weighted by Crippen LogP contribution is -2.50. The van der Waals surface area contributed by atoms with Crippen molar-refractivity contribution in [1.82, 2.24) is 14.5 Å². The number of hydrogen-bond acceptors (Lipinski definition) is 3. The first kappa shape index (κ1) is 14.2. The molecule has 1 rings (SSSR count). The molecule has 98 valence electrons. The number of nitrogens with zero attached hydrogens (tertiary/aromatic N) is 3. The Hall–Kier alpha value is -0.870. The average molecular weight is 238 g/mol. The highest BCUT2D eigenvalue weighted by molar-refractivity contribution is 4.82. The third kappa shape index (κ3) is 4.48. The van der Waals surface area contributed by atoms with Crippen LogP contribution in [-0.4, -0.2) is 39.6 Å². The minimum Gasteiger partial charge on any atom is -0.337 e. The SMILES string of the molecule is CCCN(CCCn1ccnc1)C(C)(C)CN. The Morgan fingerprint density at radius 2 is 2.12 bits per heavy atom. The van der Waals surface area contributed by atoms with Gasteiger partial charge >= 0.3 is 0 Å². The molecule has 0 aliphatic rings. The fraction of sp³-hybridized carbons (Fsp3) is 0.769. The molecule has 4 nitrogen and oxygen atoms in total. The van der Waals surface area contributed by atoms with Crippen molar-refractivity contribution in [2.24, 2.45) is 5.73 Å². The molecule has 0 aliphatic heterocycles. The van der Waals surface area contributed by atoms with Gasteiger partial charge in [-0.05, 0) is 33.2 Å². The lowest BCUT2D eigenvalue weighted by molar-refractivity contribution is 0.123. The van der Waals surface area contributed by atoms with E-state index >= 15 is 0 Å². The van der Waals surface area contributed by atoms with Gasteiger partial charge in [0.15, 0.2) is 0 Å². The monoisotopic (exact) mass is 238 g/mol. The van der Waals surface area contributed by atoms with Crippen molar-refractivity contribution >= 4 is 0 Å². The van der Waals surface area contributed by atoms with Gasteiger partial charge in [-0.15, -0.1) is 0 Å². The van der Waals surface area contributed by atoms with Gasteiger partial charge in [0.05, 0.1) is 6.33 Å². The summed E-state index contributed by atoms with van der Waals surface area (Å²) in [6.45, 7) is 10.6. The Bertz CT molecular complexity index is 292. The Balaban J connectivity index is 2.39. The number of aromatic nitrogens is 2. The number of aryl methyl sites for hydroxylation is 1. The van der Waals surface area contributed by atoms with Gasteiger partial charge in [-0.25, -0.2) is 4.98 Å². The van der Waals surface area contributed by atoms with E-state index in [1.54, 1.807) is 0 Å². The van der Waals surface area contributed by atoms with Crippen LogP contribution in [0.25, 0.3) is 0 Å². The Morgan fingerprint density at radius 1 is 1.35 bits per heavy atom. The largest absolute Gasteiger partial charge is 0.337 e. The first-order chi connectivity index (χ1) is 8.10. The standard InChI is InChI=1S/C13H26N4/c1-4-7-17(13(2,3)11-14)9-5-8-16-10-6-15-12-16/h6,10,12H,4-5,7-9,11,14H2,1-3H3. The number of rotatable bonds is 8. The van der Waals surface area contributed by atoms with Crippen LogP contribution in [0.1, 0.15) is 33.6 Å². The van der Waals surface area contributed by atoms with Crippen molar-refractivity contribution in [3.63, 3.8) is 0 Å². The highest BCUT2D eigenvalue weighted by atomic mass is 15.2. The molecule has 0 saturated carbocycles. The van der Waals surface area contributed by atoms with Crippen molar-refractivity contribution in [3.8, 4) is 0 Å². The molecule has 0 radical (unpaired) electrons. The zero-order valence-corrected chi connectivity index (χ0v) is 11.4. The molecule has 0 spiro atoms. The number of nitrogens with two attached hydrogens (primary N) is 1. The number of hydrogen-bond donors (Lipinski definition) is 1. The van der Waals surface area contributed by atoms with Gasteiger partial charge in [0.2, 0.25) is 0 Å². The van der Waals surface area contributed by atoms with E-state index in [0.29, 0.717) is 6.54 Å². The quantitative estimate of drug-likeness (QED) is 0.750. The van der Waals surface area contributed by atoms with Crippen molar-refractivity contribution in [1.29, 1.82) is 0 Å². The van der Waals surface area contributed by atoms with E-state index in [4.69, 9.17) is 5.73 Å². The molecule has 17 heavy (non-hydrogen) atoms. The zero-order valence-electron chi connectivity index (χ0n) is 11.4. The van der Waals surface area contributed by atoms with Gasteiger partial charge < -0.3 is 10.3 Å². The summed E-state index contributed by atoms with van der Waals surface area (Å²) in [6.07, 6.45) is 8.03. The molecule has 1 aromatic heterocycles. The van der Waals surface area contributed by atoms with E-state index in [-0.39, 0.29) is 5.54 Å². The maximum absolute atomic E-state index is 5.85. The predicted molar refractivity (Wildman–Crippen MR) is 71.8 cm³/mol. The van der Waals surface area contributed by atoms with E-state index < -0.39 is 0 Å². The molecular weight excluding hydrogens is 212 g/mol. The van der Waals surface area contributed by atoms with Gasteiger partial charge in [0, 0.05) is 37.6 Å². The van der Waals surface area contributed by atoms with Crippen LogP contribution in [0.15, 0.2) is 18.7 Å². The molecule has 0 amide bonds. The maximum Gasteiger partial charge on any atom is 0.0945 e. The smallest absolute Gasteiger partial charge is 0.0945 e. The maximum atomic E-state index is 5.85. The molecule has 1 aromatic rings. The minimum absolute atomic E-state index is 0.102. The highest BCUT2D eigenvalue weighted by Gasteiger charge is 2.23. The topological polar surface area (TPSA) is 47.1 Å². The van der Waals surface area contributed by atoms with Crippen LogP contribution in [0.5, 0.6) is 0 Å². The highest BCUT2D eigenvalue weighted by Crippen LogP contribution is 2.14. The fourth-order valence-electron chi connectivity index (χ4n) is 1.98. The molecule has 0 unspecified atom stereocenters. The second-order valence-electron chi connectivity index (χ2n) is 5.16. The van der Waals surface area contributed by atoms with Gasteiger partial charge in [-0.1, -0.05) is 6.92 Å². The summed E-state index contributed by atoms with van der Waals surface area (Å²) in [5, 5.41) is 0. The van der Waals surface area contributed by atoms with Gasteiger partial charge in [0.25, 0.3) is 0 Å². The molecule has 0 atom stereocenters. The summed E-state index contributed by atoms with van der Waals surface area (Å²) in [5.74, 6) is 0. The van der Waals surface area contributed by atoms with Crippen LogP contribution in [0, 0.1) is 0 Å². The molecule has 4 heteroatoms. The van der Waals surface area contributed by atoms with Crippen LogP contribution in [0.4, 0.5) is 0 Å². The fourth-order valence-corrected chi connectivity index (χ4v) is 1.98. The molecule has 0 aromatic carbocycles. The lowest BCUT2D eigenvalue weighted by Gasteiger charge is -2.37. The first-order valence-corrected chi connectivity index (χ1v) is 6.51. The molecule has 1 heterocycles. The van der Waals surface area contributed by atoms with Crippen LogP contribution in [-0.2, 0) is 6.54 Å². The molecule has 0 bridgehead atoms. The third-order valence-corrected chi connectivity index (χ3v) is 3.25. The van der Waals surface area contributed by atoms with E-state index in [0.717, 1.165) is 26.1 Å². The van der Waals surface area contributed by atoms with E-state index in [2.05, 4.69) is 35.2 Å². The van der Waals surface area contributed by atoms with Gasteiger partial charge in [-0.2, -0.15) is 0 Å². The lowest BCUT2D eigenvalue weighted by atomic mass is 10.0. The average Bonchev–Trinajstić information content (AvgIpc) is 2.81. The predicted octanol–water partition coefficient (Wildman–Crippen LogP) is 1.72. The van der Waals surface area contributed by atoms with Crippen LogP contribution in [0.2, 0.25) is 0 Å². The molecule has 0 aliphatic carbocycles. The molecular formula is C13H26N4. The van der Waals surface area contributed by atoms with Gasteiger partial charge in [-0.3, -0.25) is 4.90 Å². The first-order valence-electron chi connectivity index (χ1n) is 6.51. The van der Waals surface area contributed by atoms with Crippen LogP contribution in [0.3, 0.4) is 0 Å². The second kappa shape index (κ2) is 6.77. The summed E-state index contributed by atoms with van der Waals surface area (Å²) in [6, 6.07) is 0. The third-order valence-electron chi connectivity index (χ3n) is 3.25. The van der Waals surface area contributed by atoms with E-state index in [1.165, 1.54) is 6.42 Å². The summed E-state index contributed by atoms with van der Waals surface area (Å²) in [5.41, 5.74) is 5.95. The summed E-state index contributed by atoms with van der Waals surface area (Å²) >= 11 is 0. The normalized spacial score (nSPS) is 12.3. The molecule has 2 N–H and O–H groups in total. The summed E-state index contributed by atoms with van der Waals surface area (Å²) in [4.78, 5) is 6.54. The second-order valence-corrected chi connectivity index (χ2v) is 5.16. The minimum atomic E-state index is 0.102. The summed E-state index contributed by atoms with van der Waals surface area (Å²) in [7, 11) is 0. The van der Waals surface area contributed by atoms with Crippen molar-refractivity contribution in [2.75, 3.05) is 19.6 Å². The Morgan fingerprint density at radius 3 is 2.65 bits per heavy atom. The molecule has 0 fully saturated rings. The van der Waals surface area contributed by atoms with Crippen molar-refractivity contribution in [3.05, 3.63) is 18.7 Å². The van der Waals surface area contributed by atoms with Gasteiger partial charge in [0.1, 0.15) is 0 Å². The van der Waals surface area contributed by atoms with E-state index in [9.17, 15) is 0 Å². The Kier molecular flexibility index (Phi) is 5.65.